The van der Waals surface area contributed by atoms with Crippen LogP contribution in [-0.4, -0.2) is 29.8 Å². The largest absolute Gasteiger partial charge is 0.454 e. The predicted molar refractivity (Wildman–Crippen MR) is 94.4 cm³/mol. The average molecular weight is 352 g/mol. The fraction of sp³-hybridized carbons (Fsp3) is 0.158. The van der Waals surface area contributed by atoms with E-state index in [1.54, 1.807) is 24.3 Å². The number of anilines is 1. The molecule has 1 aliphatic rings. The first-order chi connectivity index (χ1) is 12.6. The highest BCUT2D eigenvalue weighted by Crippen LogP contribution is 2.34. The lowest BCUT2D eigenvalue weighted by Crippen LogP contribution is -2.30. The van der Waals surface area contributed by atoms with Crippen LogP contribution in [0.15, 0.2) is 48.5 Å². The number of rotatable bonds is 4. The van der Waals surface area contributed by atoms with Gasteiger partial charge in [-0.15, -0.1) is 0 Å². The first kappa shape index (κ1) is 16.0. The molecule has 26 heavy (non-hydrogen) atoms. The van der Waals surface area contributed by atoms with Crippen molar-refractivity contribution in [3.05, 3.63) is 54.2 Å². The Morgan fingerprint density at radius 2 is 1.92 bits per heavy atom. The molecule has 1 unspecified atom stereocenters. The number of H-pyrrole nitrogens is 1. The standard InChI is InChI=1S/C19H16N2O5/c1-11(18(22)20-13-6-7-16-17(9-13)25-10-24-16)26-19(23)15-8-12-4-2-3-5-14(12)21-15/h2-9,11,21H,10H2,1H3,(H,20,22). The van der Waals surface area contributed by atoms with Crippen LogP contribution in [0.4, 0.5) is 5.69 Å². The lowest BCUT2D eigenvalue weighted by molar-refractivity contribution is -0.123. The van der Waals surface area contributed by atoms with E-state index in [4.69, 9.17) is 14.2 Å². The molecule has 3 aromatic rings. The number of nitrogens with one attached hydrogen (secondary N) is 2. The van der Waals surface area contributed by atoms with E-state index in [0.717, 1.165) is 10.9 Å². The molecule has 1 amide bonds. The summed E-state index contributed by atoms with van der Waals surface area (Å²) in [5, 5.41) is 3.59. The first-order valence-corrected chi connectivity index (χ1v) is 8.09. The molecule has 1 aliphatic heterocycles. The predicted octanol–water partition coefficient (Wildman–Crippen LogP) is 3.08. The van der Waals surface area contributed by atoms with Crippen LogP contribution in [0.1, 0.15) is 17.4 Å². The van der Waals surface area contributed by atoms with Crippen molar-refractivity contribution in [1.82, 2.24) is 4.98 Å². The van der Waals surface area contributed by atoms with E-state index in [-0.39, 0.29) is 6.79 Å². The SMILES string of the molecule is CC(OC(=O)c1cc2ccccc2[nH]1)C(=O)Nc1ccc2c(c1)OCO2. The van der Waals surface area contributed by atoms with E-state index in [2.05, 4.69) is 10.3 Å². The molecule has 1 aromatic heterocycles. The van der Waals surface area contributed by atoms with E-state index in [0.29, 0.717) is 22.9 Å². The Bertz CT molecular complexity index is 962. The van der Waals surface area contributed by atoms with Gasteiger partial charge in [0, 0.05) is 22.7 Å². The van der Waals surface area contributed by atoms with Crippen molar-refractivity contribution >= 4 is 28.5 Å². The maximum atomic E-state index is 12.3. The Hall–Kier alpha value is -3.48. The third-order valence-electron chi connectivity index (χ3n) is 4.04. The molecule has 132 valence electrons. The summed E-state index contributed by atoms with van der Waals surface area (Å²) in [6.45, 7) is 1.67. The zero-order valence-electron chi connectivity index (χ0n) is 13.9. The van der Waals surface area contributed by atoms with Gasteiger partial charge in [0.2, 0.25) is 6.79 Å². The van der Waals surface area contributed by atoms with E-state index in [9.17, 15) is 9.59 Å². The lowest BCUT2D eigenvalue weighted by Gasteiger charge is -2.13. The normalized spacial score (nSPS) is 13.4. The van der Waals surface area contributed by atoms with Crippen molar-refractivity contribution in [1.29, 1.82) is 0 Å². The minimum Gasteiger partial charge on any atom is -0.454 e. The van der Waals surface area contributed by atoms with Crippen molar-refractivity contribution < 1.29 is 23.8 Å². The molecule has 1 atom stereocenters. The van der Waals surface area contributed by atoms with Crippen molar-refractivity contribution in [2.45, 2.75) is 13.0 Å². The second-order valence-corrected chi connectivity index (χ2v) is 5.88. The highest BCUT2D eigenvalue weighted by atomic mass is 16.7. The summed E-state index contributed by atoms with van der Waals surface area (Å²) < 4.78 is 15.7. The van der Waals surface area contributed by atoms with Gasteiger partial charge in [-0.05, 0) is 31.2 Å². The molecule has 2 heterocycles. The topological polar surface area (TPSA) is 89.7 Å². The second kappa shape index (κ2) is 6.44. The van der Waals surface area contributed by atoms with Gasteiger partial charge in [-0.3, -0.25) is 4.79 Å². The van der Waals surface area contributed by atoms with Gasteiger partial charge in [0.25, 0.3) is 5.91 Å². The molecule has 2 N–H and O–H groups in total. The van der Waals surface area contributed by atoms with Gasteiger partial charge in [-0.25, -0.2) is 4.79 Å². The number of carbonyl (C=O) groups excluding carboxylic acids is 2. The molecule has 0 spiro atoms. The average Bonchev–Trinajstić information content (AvgIpc) is 3.27. The molecule has 2 aromatic carbocycles. The summed E-state index contributed by atoms with van der Waals surface area (Å²) >= 11 is 0. The van der Waals surface area contributed by atoms with Crippen molar-refractivity contribution in [3.63, 3.8) is 0 Å². The Morgan fingerprint density at radius 3 is 2.77 bits per heavy atom. The van der Waals surface area contributed by atoms with E-state index < -0.39 is 18.0 Å². The Kier molecular flexibility index (Phi) is 3.96. The fourth-order valence-electron chi connectivity index (χ4n) is 2.68. The molecule has 0 saturated carbocycles. The number of hydrogen-bond donors (Lipinski definition) is 2. The molecular formula is C19H16N2O5. The fourth-order valence-corrected chi connectivity index (χ4v) is 2.68. The lowest BCUT2D eigenvalue weighted by atomic mass is 10.2. The second-order valence-electron chi connectivity index (χ2n) is 5.88. The Balaban J connectivity index is 1.41. The number of ether oxygens (including phenoxy) is 3. The van der Waals surface area contributed by atoms with Gasteiger partial charge in [-0.2, -0.15) is 0 Å². The number of carbonyl (C=O) groups is 2. The van der Waals surface area contributed by atoms with Crippen LogP contribution >= 0.6 is 0 Å². The molecule has 0 radical (unpaired) electrons. The molecule has 7 heteroatoms. The van der Waals surface area contributed by atoms with Crippen LogP contribution < -0.4 is 14.8 Å². The molecule has 4 rings (SSSR count). The van der Waals surface area contributed by atoms with E-state index >= 15 is 0 Å². The van der Waals surface area contributed by atoms with Crippen LogP contribution in [0.5, 0.6) is 11.5 Å². The summed E-state index contributed by atoms with van der Waals surface area (Å²) in [7, 11) is 0. The van der Waals surface area contributed by atoms with E-state index in [1.807, 2.05) is 24.3 Å². The minimum absolute atomic E-state index is 0.158. The van der Waals surface area contributed by atoms with Gasteiger partial charge in [-0.1, -0.05) is 18.2 Å². The maximum Gasteiger partial charge on any atom is 0.355 e. The molecule has 0 saturated heterocycles. The van der Waals surface area contributed by atoms with Crippen molar-refractivity contribution in [2.24, 2.45) is 0 Å². The van der Waals surface area contributed by atoms with Crippen molar-refractivity contribution in [3.8, 4) is 11.5 Å². The Labute approximate surface area is 148 Å². The summed E-state index contributed by atoms with van der Waals surface area (Å²) in [5.74, 6) is 0.162. The summed E-state index contributed by atoms with van der Waals surface area (Å²) in [6.07, 6.45) is -0.959. The third kappa shape index (κ3) is 3.06. The zero-order chi connectivity index (χ0) is 18.1. The summed E-state index contributed by atoms with van der Waals surface area (Å²) in [4.78, 5) is 27.5. The number of fused-ring (bicyclic) bond motifs is 2. The molecular weight excluding hydrogens is 336 g/mol. The van der Waals surface area contributed by atoms with Crippen molar-refractivity contribution in [2.75, 3.05) is 12.1 Å². The zero-order valence-corrected chi connectivity index (χ0v) is 13.9. The molecule has 0 fully saturated rings. The highest BCUT2D eigenvalue weighted by Gasteiger charge is 2.21. The van der Waals surface area contributed by atoms with Gasteiger partial charge < -0.3 is 24.5 Å². The molecule has 0 bridgehead atoms. The van der Waals surface area contributed by atoms with Gasteiger partial charge in [0.15, 0.2) is 17.6 Å². The molecule has 7 nitrogen and oxygen atoms in total. The van der Waals surface area contributed by atoms with Crippen LogP contribution in [0.2, 0.25) is 0 Å². The quantitative estimate of drug-likeness (QED) is 0.704. The molecule has 0 aliphatic carbocycles. The maximum absolute atomic E-state index is 12.3. The number of esters is 1. The Morgan fingerprint density at radius 1 is 1.12 bits per heavy atom. The first-order valence-electron chi connectivity index (χ1n) is 8.09. The highest BCUT2D eigenvalue weighted by molar-refractivity contribution is 5.99. The summed E-state index contributed by atoms with van der Waals surface area (Å²) in [5.41, 5.74) is 1.67. The minimum atomic E-state index is -0.959. The smallest absolute Gasteiger partial charge is 0.355 e. The van der Waals surface area contributed by atoms with Gasteiger partial charge in [0.05, 0.1) is 0 Å². The van der Waals surface area contributed by atoms with Crippen LogP contribution in [0, 0.1) is 0 Å². The number of para-hydroxylation sites is 1. The van der Waals surface area contributed by atoms with Gasteiger partial charge in [0.1, 0.15) is 5.69 Å². The summed E-state index contributed by atoms with van der Waals surface area (Å²) in [6, 6.07) is 14.3. The van der Waals surface area contributed by atoms with Crippen LogP contribution in [0.3, 0.4) is 0 Å². The van der Waals surface area contributed by atoms with E-state index in [1.165, 1.54) is 6.92 Å². The van der Waals surface area contributed by atoms with Crippen LogP contribution in [0.25, 0.3) is 10.9 Å². The number of hydrogen-bond acceptors (Lipinski definition) is 5. The number of amides is 1. The number of benzene rings is 2. The number of aromatic amines is 1. The third-order valence-corrected chi connectivity index (χ3v) is 4.04. The number of aromatic nitrogens is 1. The van der Waals surface area contributed by atoms with Crippen LogP contribution in [-0.2, 0) is 9.53 Å². The monoisotopic (exact) mass is 352 g/mol. The van der Waals surface area contributed by atoms with Gasteiger partial charge >= 0.3 is 5.97 Å².